The monoisotopic (exact) mass is 388 g/mol. The van der Waals surface area contributed by atoms with Gasteiger partial charge in [-0.25, -0.2) is 0 Å². The van der Waals surface area contributed by atoms with E-state index in [1.165, 1.54) is 5.57 Å². The van der Waals surface area contributed by atoms with Gasteiger partial charge in [-0.3, -0.25) is 0 Å². The van der Waals surface area contributed by atoms with E-state index < -0.39 is 16.6 Å². The van der Waals surface area contributed by atoms with Crippen LogP contribution >= 0.6 is 0 Å². The topological polar surface area (TPSA) is 38.7 Å². The van der Waals surface area contributed by atoms with E-state index >= 15 is 0 Å². The maximum atomic E-state index is 9.67. The smallest absolute Gasteiger partial charge is 0.192 e. The summed E-state index contributed by atoms with van der Waals surface area (Å²) in [6.45, 7) is 27.5. The van der Waals surface area contributed by atoms with Crippen LogP contribution in [0.25, 0.3) is 0 Å². The highest BCUT2D eigenvalue weighted by Gasteiger charge is 2.40. The molecule has 0 aliphatic rings. The average molecular weight is 389 g/mol. The molecule has 0 radical (unpaired) electrons. The number of rotatable bonds is 8. The highest BCUT2D eigenvalue weighted by atomic mass is 28.4. The van der Waals surface area contributed by atoms with Gasteiger partial charge in [0.25, 0.3) is 0 Å². The molecular weight excluding hydrogens is 344 g/mol. The van der Waals surface area contributed by atoms with Crippen LogP contribution in [0.15, 0.2) is 11.6 Å². The molecule has 2 atom stereocenters. The van der Waals surface area contributed by atoms with Crippen molar-refractivity contribution in [1.82, 2.24) is 0 Å². The zero-order chi connectivity index (χ0) is 20.3. The SMILES string of the molecule is C/C(=C\[C@H](O[Si](C)(C)C(C)(C)C)[C@H](C)CO)CO[Si](C)(C)C(C)(C)C. The highest BCUT2D eigenvalue weighted by Crippen LogP contribution is 2.39. The van der Waals surface area contributed by atoms with Crippen molar-refractivity contribution >= 4 is 16.6 Å². The molecule has 0 fully saturated rings. The Hall–Kier alpha value is 0.0538. The number of aliphatic hydroxyl groups excluding tert-OH is 1. The Morgan fingerprint density at radius 2 is 1.40 bits per heavy atom. The van der Waals surface area contributed by atoms with Crippen LogP contribution in [0.2, 0.25) is 36.3 Å². The fraction of sp³-hybridized carbons (Fsp3) is 0.900. The molecule has 0 saturated heterocycles. The van der Waals surface area contributed by atoms with E-state index in [2.05, 4.69) is 87.7 Å². The van der Waals surface area contributed by atoms with Crippen molar-refractivity contribution in [2.75, 3.05) is 13.2 Å². The molecule has 0 aromatic carbocycles. The minimum atomic E-state index is -1.89. The molecule has 25 heavy (non-hydrogen) atoms. The lowest BCUT2D eigenvalue weighted by Gasteiger charge is -2.40. The van der Waals surface area contributed by atoms with E-state index in [9.17, 15) is 5.11 Å². The van der Waals surface area contributed by atoms with Crippen LogP contribution in [-0.4, -0.2) is 41.1 Å². The molecule has 0 aromatic rings. The van der Waals surface area contributed by atoms with Gasteiger partial charge < -0.3 is 14.0 Å². The van der Waals surface area contributed by atoms with Crippen molar-refractivity contribution in [3.8, 4) is 0 Å². The Labute approximate surface area is 159 Å². The minimum absolute atomic E-state index is 0.0612. The van der Waals surface area contributed by atoms with Crippen LogP contribution in [0.5, 0.6) is 0 Å². The first kappa shape index (κ1) is 25.1. The van der Waals surface area contributed by atoms with Gasteiger partial charge in [0.1, 0.15) is 0 Å². The molecule has 0 bridgehead atoms. The fourth-order valence-electron chi connectivity index (χ4n) is 1.77. The lowest BCUT2D eigenvalue weighted by molar-refractivity contribution is 0.116. The third kappa shape index (κ3) is 7.67. The van der Waals surface area contributed by atoms with Crippen molar-refractivity contribution in [2.24, 2.45) is 5.92 Å². The van der Waals surface area contributed by atoms with Crippen molar-refractivity contribution in [2.45, 2.75) is 97.8 Å². The Bertz CT molecular complexity index is 443. The summed E-state index contributed by atoms with van der Waals surface area (Å²) in [7, 11) is -3.64. The molecule has 5 heteroatoms. The Balaban J connectivity index is 5.23. The second kappa shape index (κ2) is 8.83. The van der Waals surface area contributed by atoms with Gasteiger partial charge >= 0.3 is 0 Å². The third-order valence-corrected chi connectivity index (χ3v) is 15.0. The summed E-state index contributed by atoms with van der Waals surface area (Å²) in [6, 6.07) is 0. The maximum Gasteiger partial charge on any atom is 0.192 e. The Kier molecular flexibility index (Phi) is 8.85. The quantitative estimate of drug-likeness (QED) is 0.411. The maximum absolute atomic E-state index is 9.67. The van der Waals surface area contributed by atoms with E-state index in [0.717, 1.165) is 0 Å². The molecule has 0 spiro atoms. The van der Waals surface area contributed by atoms with Gasteiger partial charge in [0.2, 0.25) is 0 Å². The largest absolute Gasteiger partial charge is 0.413 e. The zero-order valence-corrected chi connectivity index (χ0v) is 20.9. The van der Waals surface area contributed by atoms with Gasteiger partial charge in [-0.05, 0) is 43.2 Å². The molecule has 0 aliphatic heterocycles. The highest BCUT2D eigenvalue weighted by molar-refractivity contribution is 6.74. The molecule has 1 N–H and O–H groups in total. The summed E-state index contributed by atoms with van der Waals surface area (Å²) in [5.41, 5.74) is 1.19. The van der Waals surface area contributed by atoms with Crippen LogP contribution in [0.3, 0.4) is 0 Å². The first-order valence-corrected chi connectivity index (χ1v) is 15.4. The standard InChI is InChI=1S/C20H44O3Si2/c1-16(15-22-24(9,10)19(3,4)5)13-18(17(2)14-21)23-25(11,12)20(6,7)8/h13,17-18,21H,14-15H2,1-12H3/b16-13+/t17-,18+/m1/s1. The molecule has 3 nitrogen and oxygen atoms in total. The first-order valence-electron chi connectivity index (χ1n) is 9.54. The summed E-state index contributed by atoms with van der Waals surface area (Å²) >= 11 is 0. The van der Waals surface area contributed by atoms with Crippen molar-refractivity contribution in [1.29, 1.82) is 0 Å². The minimum Gasteiger partial charge on any atom is -0.413 e. The molecule has 150 valence electrons. The van der Waals surface area contributed by atoms with E-state index in [-0.39, 0.29) is 28.7 Å². The predicted molar refractivity (Wildman–Crippen MR) is 115 cm³/mol. The van der Waals surface area contributed by atoms with Crippen LogP contribution in [0.4, 0.5) is 0 Å². The average Bonchev–Trinajstić information content (AvgIpc) is 2.41. The van der Waals surface area contributed by atoms with Crippen LogP contribution in [-0.2, 0) is 8.85 Å². The molecule has 0 amide bonds. The molecule has 0 rings (SSSR count). The molecule has 0 heterocycles. The molecule has 0 unspecified atom stereocenters. The van der Waals surface area contributed by atoms with Crippen LogP contribution in [0.1, 0.15) is 55.4 Å². The van der Waals surface area contributed by atoms with E-state index in [0.29, 0.717) is 6.61 Å². The van der Waals surface area contributed by atoms with Gasteiger partial charge in [0.05, 0.1) is 12.7 Å². The molecule has 0 aromatic heterocycles. The fourth-order valence-corrected chi connectivity index (χ4v) is 4.13. The third-order valence-electron chi connectivity index (χ3n) is 6.00. The number of hydrogen-bond donors (Lipinski definition) is 1. The van der Waals surface area contributed by atoms with Gasteiger partial charge in [0, 0.05) is 12.5 Å². The molecule has 0 aliphatic carbocycles. The van der Waals surface area contributed by atoms with Gasteiger partial charge in [-0.1, -0.05) is 60.1 Å². The predicted octanol–water partition coefficient (Wildman–Crippen LogP) is 5.97. The Morgan fingerprint density at radius 3 is 1.76 bits per heavy atom. The van der Waals surface area contributed by atoms with Crippen molar-refractivity contribution in [3.63, 3.8) is 0 Å². The number of hydrogen-bond acceptors (Lipinski definition) is 3. The lowest BCUT2D eigenvalue weighted by atomic mass is 10.0. The second-order valence-corrected chi connectivity index (χ2v) is 20.1. The van der Waals surface area contributed by atoms with E-state index in [1.54, 1.807) is 0 Å². The van der Waals surface area contributed by atoms with Crippen LogP contribution in [0, 0.1) is 5.92 Å². The summed E-state index contributed by atoms with van der Waals surface area (Å²) < 4.78 is 12.9. The molecule has 0 saturated carbocycles. The summed E-state index contributed by atoms with van der Waals surface area (Å²) in [5.74, 6) is 0.0805. The second-order valence-electron chi connectivity index (χ2n) is 10.6. The van der Waals surface area contributed by atoms with Crippen molar-refractivity contribution in [3.05, 3.63) is 11.6 Å². The zero-order valence-electron chi connectivity index (χ0n) is 18.9. The van der Waals surface area contributed by atoms with E-state index in [1.807, 2.05) is 0 Å². The summed E-state index contributed by atoms with van der Waals surface area (Å²) in [4.78, 5) is 0. The van der Waals surface area contributed by atoms with Gasteiger partial charge in [-0.15, -0.1) is 0 Å². The lowest BCUT2D eigenvalue weighted by Crippen LogP contribution is -2.45. The normalized spacial score (nSPS) is 17.6. The summed E-state index contributed by atoms with van der Waals surface area (Å²) in [6.07, 6.45) is 2.11. The number of aliphatic hydroxyl groups is 1. The Morgan fingerprint density at radius 1 is 0.960 bits per heavy atom. The van der Waals surface area contributed by atoms with Crippen LogP contribution < -0.4 is 0 Å². The van der Waals surface area contributed by atoms with E-state index in [4.69, 9.17) is 8.85 Å². The van der Waals surface area contributed by atoms with Crippen molar-refractivity contribution < 1.29 is 14.0 Å². The first-order chi connectivity index (χ1) is 10.9. The van der Waals surface area contributed by atoms with Gasteiger partial charge in [0.15, 0.2) is 16.6 Å². The van der Waals surface area contributed by atoms with Gasteiger partial charge in [-0.2, -0.15) is 0 Å². The molecular formula is C20H44O3Si2. The summed E-state index contributed by atoms with van der Waals surface area (Å²) in [5, 5.41) is 10.0.